The van der Waals surface area contributed by atoms with Crippen LogP contribution in [0.25, 0.3) is 16.6 Å². The van der Waals surface area contributed by atoms with E-state index in [0.29, 0.717) is 28.1 Å². The SMILES string of the molecule is COc1ccccc1N=C(C)c1c(O)c2ccccc2n(-c2ccccc2)c1=O. The van der Waals surface area contributed by atoms with Crippen molar-refractivity contribution in [2.24, 2.45) is 4.99 Å². The number of para-hydroxylation sites is 4. The molecule has 0 atom stereocenters. The number of pyridine rings is 1. The molecule has 144 valence electrons. The first kappa shape index (κ1) is 18.5. The highest BCUT2D eigenvalue weighted by Gasteiger charge is 2.19. The van der Waals surface area contributed by atoms with E-state index < -0.39 is 0 Å². The maximum atomic E-state index is 13.5. The smallest absolute Gasteiger partial charge is 0.268 e. The van der Waals surface area contributed by atoms with Gasteiger partial charge in [-0.05, 0) is 43.3 Å². The molecule has 0 saturated heterocycles. The van der Waals surface area contributed by atoms with Crippen LogP contribution in [0.3, 0.4) is 0 Å². The molecule has 0 unspecified atom stereocenters. The van der Waals surface area contributed by atoms with Crippen LogP contribution in [0, 0.1) is 0 Å². The summed E-state index contributed by atoms with van der Waals surface area (Å²) in [6.45, 7) is 1.72. The summed E-state index contributed by atoms with van der Waals surface area (Å²) in [4.78, 5) is 18.1. The van der Waals surface area contributed by atoms with Crippen molar-refractivity contribution in [3.05, 3.63) is 94.8 Å². The quantitative estimate of drug-likeness (QED) is 0.512. The van der Waals surface area contributed by atoms with E-state index in [0.717, 1.165) is 5.69 Å². The second kappa shape index (κ2) is 7.64. The van der Waals surface area contributed by atoms with Crippen molar-refractivity contribution in [1.29, 1.82) is 0 Å². The van der Waals surface area contributed by atoms with Gasteiger partial charge in [0.1, 0.15) is 22.7 Å². The lowest BCUT2D eigenvalue weighted by atomic mass is 10.1. The van der Waals surface area contributed by atoms with Crippen LogP contribution in [0.1, 0.15) is 12.5 Å². The molecule has 1 heterocycles. The van der Waals surface area contributed by atoms with Crippen molar-refractivity contribution in [1.82, 2.24) is 4.57 Å². The predicted octanol–water partition coefficient (Wildman–Crippen LogP) is 4.85. The number of fused-ring (bicyclic) bond motifs is 1. The standard InChI is InChI=1S/C24H20N2O3/c1-16(25-19-13-7-9-15-21(19)29-2)22-23(27)18-12-6-8-14-20(18)26(24(22)28)17-10-4-3-5-11-17/h3-15,27H,1-2H3. The van der Waals surface area contributed by atoms with E-state index in [2.05, 4.69) is 4.99 Å². The maximum Gasteiger partial charge on any atom is 0.268 e. The maximum absolute atomic E-state index is 13.5. The molecule has 0 bridgehead atoms. The fourth-order valence-corrected chi connectivity index (χ4v) is 3.44. The molecule has 0 amide bonds. The first-order chi connectivity index (χ1) is 14.1. The monoisotopic (exact) mass is 384 g/mol. The molecule has 0 aliphatic rings. The van der Waals surface area contributed by atoms with E-state index in [1.54, 1.807) is 36.8 Å². The molecule has 5 nitrogen and oxygen atoms in total. The third kappa shape index (κ3) is 3.27. The summed E-state index contributed by atoms with van der Waals surface area (Å²) in [7, 11) is 1.57. The number of aliphatic imine (C=N–C) groups is 1. The molecule has 0 fully saturated rings. The molecule has 0 aliphatic heterocycles. The van der Waals surface area contributed by atoms with Crippen LogP contribution in [-0.4, -0.2) is 22.5 Å². The number of nitrogens with zero attached hydrogens (tertiary/aromatic N) is 2. The van der Waals surface area contributed by atoms with E-state index in [1.165, 1.54) is 0 Å². The van der Waals surface area contributed by atoms with Gasteiger partial charge in [-0.3, -0.25) is 9.36 Å². The minimum absolute atomic E-state index is 0.0751. The largest absolute Gasteiger partial charge is 0.506 e. The van der Waals surface area contributed by atoms with Crippen LogP contribution >= 0.6 is 0 Å². The molecule has 29 heavy (non-hydrogen) atoms. The predicted molar refractivity (Wildman–Crippen MR) is 116 cm³/mol. The lowest BCUT2D eigenvalue weighted by molar-refractivity contribution is 0.416. The normalized spacial score (nSPS) is 11.6. The Kier molecular flexibility index (Phi) is 4.87. The molecule has 1 N–H and O–H groups in total. The second-order valence-corrected chi connectivity index (χ2v) is 6.59. The number of aromatic nitrogens is 1. The summed E-state index contributed by atoms with van der Waals surface area (Å²) in [5.41, 5.74) is 2.19. The number of aromatic hydroxyl groups is 1. The molecule has 0 saturated carbocycles. The van der Waals surface area contributed by atoms with Crippen molar-refractivity contribution in [2.45, 2.75) is 6.92 Å². The first-order valence-electron chi connectivity index (χ1n) is 9.22. The first-order valence-corrected chi connectivity index (χ1v) is 9.22. The van der Waals surface area contributed by atoms with Crippen LogP contribution in [0.5, 0.6) is 11.5 Å². The summed E-state index contributed by atoms with van der Waals surface area (Å²) in [6.07, 6.45) is 0. The fourth-order valence-electron chi connectivity index (χ4n) is 3.44. The summed E-state index contributed by atoms with van der Waals surface area (Å²) in [5, 5.41) is 11.5. The number of benzene rings is 3. The highest BCUT2D eigenvalue weighted by molar-refractivity contribution is 6.06. The minimum Gasteiger partial charge on any atom is -0.506 e. The van der Waals surface area contributed by atoms with Gasteiger partial charge in [-0.1, -0.05) is 42.5 Å². The Hall–Kier alpha value is -3.86. The van der Waals surface area contributed by atoms with Gasteiger partial charge in [-0.25, -0.2) is 4.99 Å². The zero-order chi connectivity index (χ0) is 20.4. The number of methoxy groups -OCH3 is 1. The lowest BCUT2D eigenvalue weighted by Gasteiger charge is -2.15. The Morgan fingerprint density at radius 1 is 0.931 bits per heavy atom. The Morgan fingerprint density at radius 3 is 2.34 bits per heavy atom. The van der Waals surface area contributed by atoms with Crippen LogP contribution in [0.15, 0.2) is 88.6 Å². The van der Waals surface area contributed by atoms with Crippen molar-refractivity contribution in [3.63, 3.8) is 0 Å². The van der Waals surface area contributed by atoms with Gasteiger partial charge in [0.05, 0.1) is 18.3 Å². The fraction of sp³-hybridized carbons (Fsp3) is 0.0833. The lowest BCUT2D eigenvalue weighted by Crippen LogP contribution is -2.25. The molecule has 3 aromatic carbocycles. The van der Waals surface area contributed by atoms with E-state index in [9.17, 15) is 9.90 Å². The van der Waals surface area contributed by atoms with Gasteiger partial charge in [-0.15, -0.1) is 0 Å². The van der Waals surface area contributed by atoms with Crippen molar-refractivity contribution in [2.75, 3.05) is 7.11 Å². The van der Waals surface area contributed by atoms with Crippen LogP contribution in [-0.2, 0) is 0 Å². The number of ether oxygens (including phenoxy) is 1. The van der Waals surface area contributed by atoms with Crippen molar-refractivity contribution in [3.8, 4) is 17.2 Å². The minimum atomic E-state index is -0.330. The summed E-state index contributed by atoms with van der Waals surface area (Å²) >= 11 is 0. The van der Waals surface area contributed by atoms with Crippen LogP contribution < -0.4 is 10.3 Å². The molecule has 0 radical (unpaired) electrons. The van der Waals surface area contributed by atoms with Gasteiger partial charge in [0, 0.05) is 11.1 Å². The summed E-state index contributed by atoms with van der Waals surface area (Å²) in [6, 6.07) is 24.0. The number of rotatable bonds is 4. The average Bonchev–Trinajstić information content (AvgIpc) is 2.75. The third-order valence-electron chi connectivity index (χ3n) is 4.80. The molecular weight excluding hydrogens is 364 g/mol. The van der Waals surface area contributed by atoms with E-state index in [1.807, 2.05) is 60.7 Å². The van der Waals surface area contributed by atoms with Crippen LogP contribution in [0.4, 0.5) is 5.69 Å². The molecule has 5 heteroatoms. The zero-order valence-corrected chi connectivity index (χ0v) is 16.2. The van der Waals surface area contributed by atoms with Crippen molar-refractivity contribution >= 4 is 22.3 Å². The van der Waals surface area contributed by atoms with E-state index >= 15 is 0 Å². The number of hydrogen-bond donors (Lipinski definition) is 1. The molecule has 0 spiro atoms. The van der Waals surface area contributed by atoms with Crippen LogP contribution in [0.2, 0.25) is 0 Å². The molecular formula is C24H20N2O3. The Morgan fingerprint density at radius 2 is 1.59 bits per heavy atom. The second-order valence-electron chi connectivity index (χ2n) is 6.59. The van der Waals surface area contributed by atoms with Gasteiger partial charge < -0.3 is 9.84 Å². The van der Waals surface area contributed by atoms with Gasteiger partial charge in [0.2, 0.25) is 0 Å². The Labute approximate surface area is 168 Å². The van der Waals surface area contributed by atoms with Gasteiger partial charge in [0.15, 0.2) is 0 Å². The van der Waals surface area contributed by atoms with Gasteiger partial charge in [0.25, 0.3) is 5.56 Å². The highest BCUT2D eigenvalue weighted by Crippen LogP contribution is 2.31. The van der Waals surface area contributed by atoms with Gasteiger partial charge in [-0.2, -0.15) is 0 Å². The average molecular weight is 384 g/mol. The summed E-state index contributed by atoms with van der Waals surface area (Å²) in [5.74, 6) is 0.518. The van der Waals surface area contributed by atoms with E-state index in [-0.39, 0.29) is 16.9 Å². The Balaban J connectivity index is 2.03. The molecule has 4 rings (SSSR count). The zero-order valence-electron chi connectivity index (χ0n) is 16.2. The van der Waals surface area contributed by atoms with Gasteiger partial charge >= 0.3 is 0 Å². The molecule has 1 aromatic heterocycles. The number of hydrogen-bond acceptors (Lipinski definition) is 4. The topological polar surface area (TPSA) is 63.8 Å². The molecule has 4 aromatic rings. The molecule has 0 aliphatic carbocycles. The third-order valence-corrected chi connectivity index (χ3v) is 4.80. The van der Waals surface area contributed by atoms with Crippen molar-refractivity contribution < 1.29 is 9.84 Å². The summed E-state index contributed by atoms with van der Waals surface area (Å²) < 4.78 is 6.96. The van der Waals surface area contributed by atoms with E-state index in [4.69, 9.17) is 4.74 Å². The Bertz CT molecular complexity index is 1270. The highest BCUT2D eigenvalue weighted by atomic mass is 16.5.